The van der Waals surface area contributed by atoms with Crippen molar-refractivity contribution < 1.29 is 18.4 Å². The number of rotatable bonds is 7. The van der Waals surface area contributed by atoms with Crippen molar-refractivity contribution in [3.63, 3.8) is 0 Å². The second kappa shape index (κ2) is 8.75. The van der Waals surface area contributed by atoms with Crippen LogP contribution in [0.15, 0.2) is 42.5 Å². The van der Waals surface area contributed by atoms with Crippen LogP contribution < -0.4 is 10.6 Å². The van der Waals surface area contributed by atoms with E-state index < -0.39 is 11.6 Å². The van der Waals surface area contributed by atoms with Gasteiger partial charge in [0.1, 0.15) is 0 Å². The van der Waals surface area contributed by atoms with Gasteiger partial charge in [0.05, 0.1) is 0 Å². The van der Waals surface area contributed by atoms with Crippen LogP contribution in [0.1, 0.15) is 49.5 Å². The molecule has 2 rings (SSSR count). The summed E-state index contributed by atoms with van der Waals surface area (Å²) in [6.07, 6.45) is 1.25. The summed E-state index contributed by atoms with van der Waals surface area (Å²) in [6.45, 7) is 5.90. The highest BCUT2D eigenvalue weighted by molar-refractivity contribution is 5.96. The zero-order chi connectivity index (χ0) is 20.0. The van der Waals surface area contributed by atoms with Gasteiger partial charge in [0.25, 0.3) is 5.91 Å². The summed E-state index contributed by atoms with van der Waals surface area (Å²) in [5.41, 5.74) is 1.34. The van der Waals surface area contributed by atoms with E-state index in [2.05, 4.69) is 10.6 Å². The fourth-order valence-corrected chi connectivity index (χ4v) is 2.35. The molecule has 0 radical (unpaired) electrons. The summed E-state index contributed by atoms with van der Waals surface area (Å²) in [7, 11) is 0. The summed E-state index contributed by atoms with van der Waals surface area (Å²) in [4.78, 5) is 24.2. The van der Waals surface area contributed by atoms with Crippen molar-refractivity contribution in [2.24, 2.45) is 0 Å². The molecule has 144 valence electrons. The molecule has 0 atom stereocenters. The van der Waals surface area contributed by atoms with E-state index in [1.807, 2.05) is 20.8 Å². The van der Waals surface area contributed by atoms with Crippen LogP contribution in [0.25, 0.3) is 0 Å². The molecule has 0 unspecified atom stereocenters. The van der Waals surface area contributed by atoms with Crippen LogP contribution in [-0.4, -0.2) is 17.4 Å². The average molecular weight is 374 g/mol. The highest BCUT2D eigenvalue weighted by Gasteiger charge is 2.18. The molecule has 0 aromatic heterocycles. The number of hydrogen-bond acceptors (Lipinski definition) is 2. The number of aryl methyl sites for hydroxylation is 1. The van der Waals surface area contributed by atoms with E-state index in [0.717, 1.165) is 18.6 Å². The van der Waals surface area contributed by atoms with Crippen molar-refractivity contribution in [3.8, 4) is 0 Å². The molecule has 0 saturated carbocycles. The minimum Gasteiger partial charge on any atom is -0.347 e. The van der Waals surface area contributed by atoms with Crippen molar-refractivity contribution in [1.29, 1.82) is 0 Å². The molecule has 0 fully saturated rings. The summed E-state index contributed by atoms with van der Waals surface area (Å²) >= 11 is 0. The van der Waals surface area contributed by atoms with E-state index in [4.69, 9.17) is 0 Å². The van der Waals surface area contributed by atoms with E-state index in [0.29, 0.717) is 23.2 Å². The Morgan fingerprint density at radius 1 is 1.00 bits per heavy atom. The number of hydrogen-bond donors (Lipinski definition) is 2. The van der Waals surface area contributed by atoms with Gasteiger partial charge in [-0.05, 0) is 68.7 Å². The lowest BCUT2D eigenvalue weighted by Crippen LogP contribution is -2.42. The second-order valence-corrected chi connectivity index (χ2v) is 7.07. The lowest BCUT2D eigenvalue weighted by Gasteiger charge is -2.24. The molecule has 0 aliphatic rings. The zero-order valence-electron chi connectivity index (χ0n) is 15.7. The lowest BCUT2D eigenvalue weighted by molar-refractivity contribution is -0.116. The van der Waals surface area contributed by atoms with Crippen molar-refractivity contribution in [2.75, 3.05) is 5.32 Å². The van der Waals surface area contributed by atoms with Crippen molar-refractivity contribution in [1.82, 2.24) is 5.32 Å². The average Bonchev–Trinajstić information content (AvgIpc) is 2.63. The first-order valence-corrected chi connectivity index (χ1v) is 8.86. The number of carbonyl (C=O) groups excluding carboxylic acids is 2. The molecule has 2 aromatic carbocycles. The highest BCUT2D eigenvalue weighted by Crippen LogP contribution is 2.14. The number of nitrogens with one attached hydrogen (secondary N) is 2. The first-order chi connectivity index (χ1) is 12.7. The van der Waals surface area contributed by atoms with Crippen LogP contribution in [0.3, 0.4) is 0 Å². The molecule has 2 N–H and O–H groups in total. The Morgan fingerprint density at radius 2 is 1.67 bits per heavy atom. The van der Waals surface area contributed by atoms with E-state index in [1.165, 1.54) is 6.07 Å². The Kier molecular flexibility index (Phi) is 6.66. The zero-order valence-corrected chi connectivity index (χ0v) is 15.7. The third kappa shape index (κ3) is 6.16. The maximum Gasteiger partial charge on any atom is 0.251 e. The quantitative estimate of drug-likeness (QED) is 0.752. The molecule has 2 aromatic rings. The fourth-order valence-electron chi connectivity index (χ4n) is 2.35. The molecule has 0 aliphatic heterocycles. The minimum atomic E-state index is -0.923. The Hall–Kier alpha value is -2.76. The summed E-state index contributed by atoms with van der Waals surface area (Å²) in [5, 5.41) is 5.67. The fraction of sp³-hybridized carbons (Fsp3) is 0.333. The third-order valence-corrected chi connectivity index (χ3v) is 4.39. The van der Waals surface area contributed by atoms with Gasteiger partial charge in [-0.15, -0.1) is 0 Å². The summed E-state index contributed by atoms with van der Waals surface area (Å²) in [5.74, 6) is -2.25. The molecule has 2 amide bonds. The highest BCUT2D eigenvalue weighted by atomic mass is 19.2. The minimum absolute atomic E-state index is 0.137. The lowest BCUT2D eigenvalue weighted by atomic mass is 10.0. The Morgan fingerprint density at radius 3 is 2.26 bits per heavy atom. The number of carbonyl (C=O) groups is 2. The smallest absolute Gasteiger partial charge is 0.251 e. The third-order valence-electron chi connectivity index (χ3n) is 4.39. The van der Waals surface area contributed by atoms with E-state index in [9.17, 15) is 18.4 Å². The first-order valence-electron chi connectivity index (χ1n) is 8.86. The van der Waals surface area contributed by atoms with Crippen LogP contribution in [0.2, 0.25) is 0 Å². The van der Waals surface area contributed by atoms with Gasteiger partial charge >= 0.3 is 0 Å². The van der Waals surface area contributed by atoms with E-state index in [-0.39, 0.29) is 23.8 Å². The van der Waals surface area contributed by atoms with Gasteiger partial charge in [-0.25, -0.2) is 8.78 Å². The standard InChI is InChI=1S/C21H24F2N2O2/c1-4-21(2,3)25-20(27)15-7-9-16(10-8-15)24-19(26)12-6-14-5-11-17(22)18(23)13-14/h5,7-11,13H,4,6,12H2,1-3H3,(H,24,26)(H,25,27). The number of amides is 2. The molecule has 0 aliphatic carbocycles. The van der Waals surface area contributed by atoms with Crippen molar-refractivity contribution in [2.45, 2.75) is 45.6 Å². The van der Waals surface area contributed by atoms with Crippen LogP contribution in [0.4, 0.5) is 14.5 Å². The van der Waals surface area contributed by atoms with Gasteiger partial charge in [-0.3, -0.25) is 9.59 Å². The maximum atomic E-state index is 13.2. The molecule has 0 heterocycles. The van der Waals surface area contributed by atoms with Gasteiger partial charge in [0, 0.05) is 23.2 Å². The van der Waals surface area contributed by atoms with E-state index >= 15 is 0 Å². The molecule has 4 nitrogen and oxygen atoms in total. The topological polar surface area (TPSA) is 58.2 Å². The van der Waals surface area contributed by atoms with Crippen molar-refractivity contribution >= 4 is 17.5 Å². The Balaban J connectivity index is 1.89. The number of benzene rings is 2. The van der Waals surface area contributed by atoms with Gasteiger partial charge in [0.15, 0.2) is 11.6 Å². The SMILES string of the molecule is CCC(C)(C)NC(=O)c1ccc(NC(=O)CCc2ccc(F)c(F)c2)cc1. The Bertz CT molecular complexity index is 817. The van der Waals surface area contributed by atoms with Crippen LogP contribution in [0.5, 0.6) is 0 Å². The van der Waals surface area contributed by atoms with Crippen LogP contribution in [-0.2, 0) is 11.2 Å². The predicted molar refractivity (Wildman–Crippen MR) is 102 cm³/mol. The van der Waals surface area contributed by atoms with Gasteiger partial charge in [0.2, 0.25) is 5.91 Å². The molecule has 0 spiro atoms. The Labute approximate surface area is 158 Å². The largest absolute Gasteiger partial charge is 0.347 e. The molecule has 0 bridgehead atoms. The van der Waals surface area contributed by atoms with Crippen LogP contribution >= 0.6 is 0 Å². The number of anilines is 1. The van der Waals surface area contributed by atoms with E-state index in [1.54, 1.807) is 24.3 Å². The normalized spacial score (nSPS) is 11.1. The number of halogens is 2. The molecule has 0 saturated heterocycles. The molecular weight excluding hydrogens is 350 g/mol. The molecular formula is C21H24F2N2O2. The van der Waals surface area contributed by atoms with Gasteiger partial charge in [-0.1, -0.05) is 13.0 Å². The van der Waals surface area contributed by atoms with Gasteiger partial charge in [-0.2, -0.15) is 0 Å². The first kappa shape index (κ1) is 20.6. The monoisotopic (exact) mass is 374 g/mol. The molecule has 6 heteroatoms. The van der Waals surface area contributed by atoms with Crippen LogP contribution in [0, 0.1) is 11.6 Å². The molecule has 27 heavy (non-hydrogen) atoms. The second-order valence-electron chi connectivity index (χ2n) is 7.07. The maximum absolute atomic E-state index is 13.2. The predicted octanol–water partition coefficient (Wildman–Crippen LogP) is 4.45. The summed E-state index contributed by atoms with van der Waals surface area (Å²) in [6, 6.07) is 10.2. The van der Waals surface area contributed by atoms with Crippen molar-refractivity contribution in [3.05, 3.63) is 65.2 Å². The summed E-state index contributed by atoms with van der Waals surface area (Å²) < 4.78 is 26.1. The van der Waals surface area contributed by atoms with Gasteiger partial charge < -0.3 is 10.6 Å².